The summed E-state index contributed by atoms with van der Waals surface area (Å²) in [6, 6.07) is 67.1. The van der Waals surface area contributed by atoms with Crippen LogP contribution < -0.4 is 0 Å². The summed E-state index contributed by atoms with van der Waals surface area (Å²) in [6.45, 7) is 0. The largest absolute Gasteiger partial charge is 0.307 e. The van der Waals surface area contributed by atoms with Crippen molar-refractivity contribution in [2.45, 2.75) is 19.6 Å². The molecule has 2 aromatic heterocycles. The van der Waals surface area contributed by atoms with Crippen LogP contribution in [0, 0.1) is 0 Å². The average molecular weight is 738 g/mol. The molecule has 11 rings (SSSR count). The van der Waals surface area contributed by atoms with E-state index in [1.165, 1.54) is 52.2 Å². The van der Waals surface area contributed by atoms with Crippen LogP contribution >= 0.6 is 23.5 Å². The first-order valence-electron chi connectivity index (χ1n) is 18.4. The molecule has 1 aliphatic heterocycles. The third kappa shape index (κ3) is 5.55. The molecule has 5 heteroatoms. The standard InChI is InChI=1S/C50H31N3S2/c1-3-14-33(15-4-1)42-31-43(34-16-5-2-6-17-34)52-50(51-42)37-20-11-18-35(29-37)36-19-12-21-38(30-36)53-47-39-22-8-7-13-32(39)25-26-40(47)41-27-28-46-49(48(41)53)55-45-24-10-9-23-44(45)54-46/h1-31H. The molecule has 1 aliphatic rings. The maximum Gasteiger partial charge on any atom is 0.160 e. The van der Waals surface area contributed by atoms with Crippen molar-refractivity contribution in [3.8, 4) is 50.7 Å². The van der Waals surface area contributed by atoms with E-state index in [1.807, 2.05) is 35.7 Å². The highest BCUT2D eigenvalue weighted by Gasteiger charge is 2.25. The molecule has 0 aliphatic carbocycles. The Labute approximate surface area is 327 Å². The summed E-state index contributed by atoms with van der Waals surface area (Å²) >= 11 is 3.75. The number of aromatic nitrogens is 3. The van der Waals surface area contributed by atoms with E-state index in [0.29, 0.717) is 5.82 Å². The monoisotopic (exact) mass is 737 g/mol. The highest BCUT2D eigenvalue weighted by atomic mass is 32.2. The predicted molar refractivity (Wildman–Crippen MR) is 230 cm³/mol. The maximum atomic E-state index is 5.13. The van der Waals surface area contributed by atoms with Gasteiger partial charge in [0.1, 0.15) is 0 Å². The lowest BCUT2D eigenvalue weighted by molar-refractivity contribution is 1.11. The molecule has 0 radical (unpaired) electrons. The highest BCUT2D eigenvalue weighted by Crippen LogP contribution is 2.53. The van der Waals surface area contributed by atoms with Gasteiger partial charge in [-0.05, 0) is 59.0 Å². The number of benzene rings is 8. The van der Waals surface area contributed by atoms with E-state index in [9.17, 15) is 0 Å². The zero-order valence-corrected chi connectivity index (χ0v) is 31.2. The number of fused-ring (bicyclic) bond motifs is 8. The second kappa shape index (κ2) is 13.2. The van der Waals surface area contributed by atoms with Gasteiger partial charge in [0, 0.05) is 53.2 Å². The van der Waals surface area contributed by atoms with Gasteiger partial charge in [-0.15, -0.1) is 0 Å². The van der Waals surface area contributed by atoms with Crippen LogP contribution in [0.4, 0.5) is 0 Å². The zero-order valence-electron chi connectivity index (χ0n) is 29.6. The predicted octanol–water partition coefficient (Wildman–Crippen LogP) is 14.0. The van der Waals surface area contributed by atoms with Crippen LogP contribution in [0.3, 0.4) is 0 Å². The zero-order chi connectivity index (χ0) is 36.3. The summed E-state index contributed by atoms with van der Waals surface area (Å²) in [7, 11) is 0. The Kier molecular flexibility index (Phi) is 7.68. The number of rotatable bonds is 5. The van der Waals surface area contributed by atoms with Crippen molar-refractivity contribution in [2.24, 2.45) is 0 Å². The molecule has 0 atom stereocenters. The molecule has 55 heavy (non-hydrogen) atoms. The van der Waals surface area contributed by atoms with E-state index >= 15 is 0 Å². The Morgan fingerprint density at radius 1 is 0.364 bits per heavy atom. The maximum absolute atomic E-state index is 5.13. The van der Waals surface area contributed by atoms with Crippen LogP contribution in [0.5, 0.6) is 0 Å². The Morgan fingerprint density at radius 3 is 1.71 bits per heavy atom. The molecule has 0 amide bonds. The van der Waals surface area contributed by atoms with Crippen LogP contribution in [0.1, 0.15) is 0 Å². The Balaban J connectivity index is 1.09. The van der Waals surface area contributed by atoms with Crippen LogP contribution in [0.15, 0.2) is 208 Å². The summed E-state index contributed by atoms with van der Waals surface area (Å²) < 4.78 is 2.51. The normalized spacial score (nSPS) is 12.2. The van der Waals surface area contributed by atoms with E-state index in [-0.39, 0.29) is 0 Å². The molecule has 0 saturated carbocycles. The molecule has 0 unspecified atom stereocenters. The van der Waals surface area contributed by atoms with Gasteiger partial charge in [0.05, 0.1) is 27.3 Å². The second-order valence-corrected chi connectivity index (χ2v) is 15.9. The minimum Gasteiger partial charge on any atom is -0.307 e. The topological polar surface area (TPSA) is 30.7 Å². The van der Waals surface area contributed by atoms with Crippen molar-refractivity contribution in [3.05, 3.63) is 188 Å². The second-order valence-electron chi connectivity index (χ2n) is 13.8. The number of nitrogens with zero attached hydrogens (tertiary/aromatic N) is 3. The molecule has 0 saturated heterocycles. The van der Waals surface area contributed by atoms with E-state index in [0.717, 1.165) is 44.9 Å². The Bertz CT molecular complexity index is 3040. The van der Waals surface area contributed by atoms with Crippen molar-refractivity contribution in [1.29, 1.82) is 0 Å². The third-order valence-electron chi connectivity index (χ3n) is 10.4. The molecule has 0 spiro atoms. The Hall–Kier alpha value is -6.40. The fraction of sp³-hybridized carbons (Fsp3) is 0. The minimum absolute atomic E-state index is 0.702. The summed E-state index contributed by atoms with van der Waals surface area (Å²) in [6.07, 6.45) is 0. The first kappa shape index (κ1) is 32.1. The van der Waals surface area contributed by atoms with Gasteiger partial charge in [-0.25, -0.2) is 9.97 Å². The lowest BCUT2D eigenvalue weighted by Crippen LogP contribution is -1.99. The molecular formula is C50H31N3S2. The molecular weight excluding hydrogens is 707 g/mol. The van der Waals surface area contributed by atoms with Crippen molar-refractivity contribution in [2.75, 3.05) is 0 Å². The lowest BCUT2D eigenvalue weighted by Gasteiger charge is -2.20. The molecule has 0 bridgehead atoms. The minimum atomic E-state index is 0.702. The van der Waals surface area contributed by atoms with Gasteiger partial charge < -0.3 is 4.57 Å². The first-order valence-corrected chi connectivity index (χ1v) is 20.0. The van der Waals surface area contributed by atoms with Gasteiger partial charge in [0.15, 0.2) is 5.82 Å². The quantitative estimate of drug-likeness (QED) is 0.176. The Morgan fingerprint density at radius 2 is 0.945 bits per heavy atom. The fourth-order valence-corrected chi connectivity index (χ4v) is 10.2. The molecule has 3 nitrogen and oxygen atoms in total. The molecule has 258 valence electrons. The van der Waals surface area contributed by atoms with Crippen molar-refractivity contribution < 1.29 is 0 Å². The fourth-order valence-electron chi connectivity index (χ4n) is 7.85. The van der Waals surface area contributed by atoms with Gasteiger partial charge in [-0.2, -0.15) is 0 Å². The van der Waals surface area contributed by atoms with Crippen molar-refractivity contribution >= 4 is 56.1 Å². The van der Waals surface area contributed by atoms with Crippen molar-refractivity contribution in [3.63, 3.8) is 0 Å². The lowest BCUT2D eigenvalue weighted by atomic mass is 10.0. The summed E-state index contributed by atoms with van der Waals surface area (Å²) in [4.78, 5) is 15.5. The van der Waals surface area contributed by atoms with E-state index in [1.54, 1.807) is 0 Å². The summed E-state index contributed by atoms with van der Waals surface area (Å²) in [5, 5.41) is 5.01. The van der Waals surface area contributed by atoms with E-state index in [2.05, 4.69) is 180 Å². The molecule has 0 N–H and O–H groups in total. The molecule has 0 fully saturated rings. The van der Waals surface area contributed by atoms with Gasteiger partial charge in [-0.1, -0.05) is 169 Å². The van der Waals surface area contributed by atoms with Gasteiger partial charge >= 0.3 is 0 Å². The number of hydrogen-bond donors (Lipinski definition) is 0. The van der Waals surface area contributed by atoms with E-state index < -0.39 is 0 Å². The van der Waals surface area contributed by atoms with Crippen molar-refractivity contribution in [1.82, 2.24) is 14.5 Å². The summed E-state index contributed by atoms with van der Waals surface area (Å²) in [5.41, 5.74) is 10.8. The van der Waals surface area contributed by atoms with Gasteiger partial charge in [-0.3, -0.25) is 0 Å². The van der Waals surface area contributed by atoms with Crippen LogP contribution in [-0.2, 0) is 0 Å². The first-order chi connectivity index (χ1) is 27.2. The molecule has 3 heterocycles. The van der Waals surface area contributed by atoms with Gasteiger partial charge in [0.25, 0.3) is 0 Å². The van der Waals surface area contributed by atoms with Gasteiger partial charge in [0.2, 0.25) is 0 Å². The highest BCUT2D eigenvalue weighted by molar-refractivity contribution is 8.05. The molecule has 10 aromatic rings. The van der Waals surface area contributed by atoms with E-state index in [4.69, 9.17) is 9.97 Å². The SMILES string of the molecule is c1ccc(-c2cc(-c3ccccc3)nc(-c3cccc(-c4cccc(-n5c6c7c(ccc6c6ccc8ccccc8c65)Sc5ccccc5S7)c4)c3)n2)cc1. The number of hydrogen-bond acceptors (Lipinski definition) is 4. The van der Waals surface area contributed by atoms with Crippen LogP contribution in [-0.4, -0.2) is 14.5 Å². The smallest absolute Gasteiger partial charge is 0.160 e. The average Bonchev–Trinajstić information content (AvgIpc) is 3.62. The summed E-state index contributed by atoms with van der Waals surface area (Å²) in [5.74, 6) is 0.702. The van der Waals surface area contributed by atoms with Crippen LogP contribution in [0.2, 0.25) is 0 Å². The molecule has 8 aromatic carbocycles. The van der Waals surface area contributed by atoms with Crippen LogP contribution in [0.25, 0.3) is 83.3 Å². The third-order valence-corrected chi connectivity index (χ3v) is 13.0.